The zero-order valence-electron chi connectivity index (χ0n) is 10.6. The highest BCUT2D eigenvalue weighted by Gasteiger charge is 2.13. The van der Waals surface area contributed by atoms with E-state index >= 15 is 0 Å². The predicted molar refractivity (Wildman–Crippen MR) is 69.8 cm³/mol. The third-order valence-corrected chi connectivity index (χ3v) is 3.37. The second kappa shape index (κ2) is 4.72. The molecular weight excluding hydrogens is 210 g/mol. The Morgan fingerprint density at radius 1 is 1.29 bits per heavy atom. The van der Waals surface area contributed by atoms with E-state index in [0.29, 0.717) is 0 Å². The topological polar surface area (TPSA) is 43.8 Å². The molecule has 0 aliphatic heterocycles. The van der Waals surface area contributed by atoms with Crippen molar-refractivity contribution in [2.75, 3.05) is 0 Å². The first-order valence-corrected chi connectivity index (χ1v) is 5.88. The number of aromatic nitrogens is 2. The van der Waals surface area contributed by atoms with Crippen molar-refractivity contribution >= 4 is 0 Å². The molecule has 2 N–H and O–H groups in total. The molecule has 0 aliphatic rings. The summed E-state index contributed by atoms with van der Waals surface area (Å²) in [6.45, 7) is 4.18. The minimum atomic E-state index is 0.0183. The van der Waals surface area contributed by atoms with Crippen molar-refractivity contribution in [1.29, 1.82) is 0 Å². The van der Waals surface area contributed by atoms with E-state index in [1.165, 1.54) is 11.1 Å². The average molecular weight is 229 g/mol. The minimum Gasteiger partial charge on any atom is -0.324 e. The van der Waals surface area contributed by atoms with E-state index in [0.717, 1.165) is 17.7 Å². The Balaban J connectivity index is 2.20. The fraction of sp³-hybridized carbons (Fsp3) is 0.357. The lowest BCUT2D eigenvalue weighted by Crippen LogP contribution is -2.14. The maximum Gasteiger partial charge on any atom is 0.0540 e. The van der Waals surface area contributed by atoms with Crippen LogP contribution < -0.4 is 5.73 Å². The fourth-order valence-corrected chi connectivity index (χ4v) is 2.07. The van der Waals surface area contributed by atoms with E-state index in [2.05, 4.69) is 43.2 Å². The molecule has 3 nitrogen and oxygen atoms in total. The van der Waals surface area contributed by atoms with Crippen LogP contribution in [-0.4, -0.2) is 9.78 Å². The molecule has 3 heteroatoms. The number of rotatable bonds is 3. The Labute approximate surface area is 102 Å². The monoisotopic (exact) mass is 229 g/mol. The lowest BCUT2D eigenvalue weighted by molar-refractivity contribution is 0.699. The summed E-state index contributed by atoms with van der Waals surface area (Å²) in [5.74, 6) is 0. The van der Waals surface area contributed by atoms with Gasteiger partial charge in [-0.3, -0.25) is 4.68 Å². The van der Waals surface area contributed by atoms with Crippen LogP contribution in [0.2, 0.25) is 0 Å². The molecule has 0 bridgehead atoms. The van der Waals surface area contributed by atoms with Crippen molar-refractivity contribution in [1.82, 2.24) is 9.78 Å². The highest BCUT2D eigenvalue weighted by Crippen LogP contribution is 2.20. The van der Waals surface area contributed by atoms with Gasteiger partial charge in [-0.15, -0.1) is 0 Å². The smallest absolute Gasteiger partial charge is 0.0540 e. The first-order valence-electron chi connectivity index (χ1n) is 5.88. The first kappa shape index (κ1) is 11.9. The Hall–Kier alpha value is -1.61. The molecule has 0 aliphatic carbocycles. The predicted octanol–water partition coefficient (Wildman–Crippen LogP) is 2.28. The van der Waals surface area contributed by atoms with Crippen molar-refractivity contribution in [3.05, 3.63) is 52.8 Å². The molecule has 1 atom stereocenters. The molecule has 2 rings (SSSR count). The summed E-state index contributed by atoms with van der Waals surface area (Å²) in [4.78, 5) is 0. The van der Waals surface area contributed by atoms with Gasteiger partial charge in [0.2, 0.25) is 0 Å². The van der Waals surface area contributed by atoms with Crippen LogP contribution in [0.5, 0.6) is 0 Å². The maximum absolute atomic E-state index is 6.26. The van der Waals surface area contributed by atoms with Crippen LogP contribution in [0.4, 0.5) is 0 Å². The molecular formula is C14H19N3. The van der Waals surface area contributed by atoms with E-state index in [1.54, 1.807) is 0 Å². The molecule has 90 valence electrons. The minimum absolute atomic E-state index is 0.0183. The summed E-state index contributed by atoms with van der Waals surface area (Å²) in [5.41, 5.74) is 11.1. The third kappa shape index (κ3) is 2.39. The quantitative estimate of drug-likeness (QED) is 0.877. The summed E-state index contributed by atoms with van der Waals surface area (Å²) in [7, 11) is 1.94. The van der Waals surface area contributed by atoms with E-state index in [-0.39, 0.29) is 6.04 Å². The molecule has 0 saturated carbocycles. The van der Waals surface area contributed by atoms with E-state index in [9.17, 15) is 0 Å². The molecule has 0 radical (unpaired) electrons. The summed E-state index contributed by atoms with van der Waals surface area (Å²) in [6.07, 6.45) is 2.73. The molecule has 0 spiro atoms. The van der Waals surface area contributed by atoms with Gasteiger partial charge in [-0.1, -0.05) is 24.3 Å². The Morgan fingerprint density at radius 3 is 2.59 bits per heavy atom. The van der Waals surface area contributed by atoms with Gasteiger partial charge < -0.3 is 5.73 Å². The fourth-order valence-electron chi connectivity index (χ4n) is 2.07. The van der Waals surface area contributed by atoms with Crippen LogP contribution >= 0.6 is 0 Å². The Kier molecular flexibility index (Phi) is 3.29. The van der Waals surface area contributed by atoms with Crippen LogP contribution in [0, 0.1) is 13.8 Å². The summed E-state index contributed by atoms with van der Waals surface area (Å²) < 4.78 is 1.87. The largest absolute Gasteiger partial charge is 0.324 e. The lowest BCUT2D eigenvalue weighted by atomic mass is 9.97. The normalized spacial score (nSPS) is 12.7. The van der Waals surface area contributed by atoms with Gasteiger partial charge in [0.25, 0.3) is 0 Å². The van der Waals surface area contributed by atoms with Gasteiger partial charge in [-0.2, -0.15) is 5.10 Å². The standard InChI is InChI=1S/C14H19N3/c1-10-6-4-5-7-12(10)8-14(15)13-9-16-17(3)11(13)2/h4-7,9,14H,8,15H2,1-3H3. The number of hydrogen-bond donors (Lipinski definition) is 1. The molecule has 17 heavy (non-hydrogen) atoms. The SMILES string of the molecule is Cc1ccccc1CC(N)c1cnn(C)c1C. The van der Waals surface area contributed by atoms with Gasteiger partial charge in [-0.25, -0.2) is 0 Å². The molecule has 0 saturated heterocycles. The van der Waals surface area contributed by atoms with Crippen LogP contribution in [0.15, 0.2) is 30.5 Å². The van der Waals surface area contributed by atoms with Gasteiger partial charge in [0.1, 0.15) is 0 Å². The van der Waals surface area contributed by atoms with Crippen molar-refractivity contribution in [3.63, 3.8) is 0 Å². The zero-order chi connectivity index (χ0) is 12.4. The molecule has 0 amide bonds. The average Bonchev–Trinajstić information content (AvgIpc) is 2.63. The lowest BCUT2D eigenvalue weighted by Gasteiger charge is -2.13. The van der Waals surface area contributed by atoms with Crippen molar-refractivity contribution in [3.8, 4) is 0 Å². The summed E-state index contributed by atoms with van der Waals surface area (Å²) in [6, 6.07) is 8.40. The molecule has 0 fully saturated rings. The van der Waals surface area contributed by atoms with Crippen molar-refractivity contribution < 1.29 is 0 Å². The zero-order valence-corrected chi connectivity index (χ0v) is 10.6. The third-order valence-electron chi connectivity index (χ3n) is 3.37. The summed E-state index contributed by atoms with van der Waals surface area (Å²) in [5, 5.41) is 4.24. The van der Waals surface area contributed by atoms with E-state index in [1.807, 2.05) is 17.9 Å². The number of benzene rings is 1. The van der Waals surface area contributed by atoms with Crippen LogP contribution in [0.3, 0.4) is 0 Å². The van der Waals surface area contributed by atoms with Crippen LogP contribution in [-0.2, 0) is 13.5 Å². The second-order valence-electron chi connectivity index (χ2n) is 4.55. The number of nitrogens with two attached hydrogens (primary N) is 1. The maximum atomic E-state index is 6.26. The summed E-state index contributed by atoms with van der Waals surface area (Å²) >= 11 is 0. The van der Waals surface area contributed by atoms with Gasteiger partial charge in [0, 0.05) is 24.3 Å². The van der Waals surface area contributed by atoms with Crippen molar-refractivity contribution in [2.45, 2.75) is 26.3 Å². The van der Waals surface area contributed by atoms with Crippen LogP contribution in [0.1, 0.15) is 28.4 Å². The molecule has 1 aromatic carbocycles. The molecule has 1 aromatic heterocycles. The van der Waals surface area contributed by atoms with Gasteiger partial charge in [-0.05, 0) is 31.4 Å². The van der Waals surface area contributed by atoms with E-state index < -0.39 is 0 Å². The highest BCUT2D eigenvalue weighted by molar-refractivity contribution is 5.29. The number of nitrogens with zero attached hydrogens (tertiary/aromatic N) is 2. The highest BCUT2D eigenvalue weighted by atomic mass is 15.3. The van der Waals surface area contributed by atoms with Gasteiger partial charge in [0.15, 0.2) is 0 Å². The molecule has 1 heterocycles. The van der Waals surface area contributed by atoms with Crippen LogP contribution in [0.25, 0.3) is 0 Å². The van der Waals surface area contributed by atoms with Gasteiger partial charge in [0.05, 0.1) is 6.20 Å². The Bertz CT molecular complexity index is 514. The first-order chi connectivity index (χ1) is 8.09. The number of hydrogen-bond acceptors (Lipinski definition) is 2. The van der Waals surface area contributed by atoms with Crippen molar-refractivity contribution in [2.24, 2.45) is 12.8 Å². The number of aryl methyl sites for hydroxylation is 2. The molecule has 1 unspecified atom stereocenters. The Morgan fingerprint density at radius 2 is 2.00 bits per heavy atom. The van der Waals surface area contributed by atoms with E-state index in [4.69, 9.17) is 5.73 Å². The second-order valence-corrected chi connectivity index (χ2v) is 4.55. The molecule has 2 aromatic rings. The van der Waals surface area contributed by atoms with Gasteiger partial charge >= 0.3 is 0 Å².